The molecule has 0 fully saturated rings. The van der Waals surface area contributed by atoms with Crippen molar-refractivity contribution in [2.24, 2.45) is 0 Å². The summed E-state index contributed by atoms with van der Waals surface area (Å²) in [5.41, 5.74) is 0.699. The van der Waals surface area contributed by atoms with E-state index < -0.39 is 17.8 Å². The monoisotopic (exact) mass is 289 g/mol. The smallest absolute Gasteiger partial charge is 0.255 e. The minimum Gasteiger partial charge on any atom is -0.507 e. The number of phenols is 1. The van der Waals surface area contributed by atoms with Gasteiger partial charge in [0.1, 0.15) is 11.6 Å². The summed E-state index contributed by atoms with van der Waals surface area (Å²) in [6.07, 6.45) is 0.325. The zero-order chi connectivity index (χ0) is 15.2. The molecule has 2 rings (SSSR count). The highest BCUT2D eigenvalue weighted by Gasteiger charge is 2.18. The van der Waals surface area contributed by atoms with Crippen LogP contribution in [0.2, 0.25) is 0 Å². The first-order chi connectivity index (χ1) is 10.1. The molecule has 0 aliphatic rings. The maximum atomic E-state index is 13.2. The molecule has 110 valence electrons. The Labute approximate surface area is 121 Å². The van der Waals surface area contributed by atoms with E-state index in [1.807, 2.05) is 30.3 Å². The van der Waals surface area contributed by atoms with Crippen LogP contribution in [0.5, 0.6) is 5.75 Å². The average molecular weight is 289 g/mol. The SMILES string of the molecule is O=C(NC(CCO)c1ccccc1)c1cc(F)ccc1O. The second-order valence-corrected chi connectivity index (χ2v) is 4.61. The molecule has 0 saturated heterocycles. The summed E-state index contributed by atoms with van der Waals surface area (Å²) >= 11 is 0. The molecule has 0 radical (unpaired) electrons. The fourth-order valence-electron chi connectivity index (χ4n) is 2.06. The minimum absolute atomic E-state index is 0.102. The van der Waals surface area contributed by atoms with Crippen molar-refractivity contribution < 1.29 is 19.4 Å². The van der Waals surface area contributed by atoms with Crippen LogP contribution in [0.3, 0.4) is 0 Å². The quantitative estimate of drug-likeness (QED) is 0.791. The topological polar surface area (TPSA) is 69.6 Å². The molecule has 0 aliphatic heterocycles. The molecule has 0 saturated carbocycles. The molecule has 1 atom stereocenters. The van der Waals surface area contributed by atoms with Gasteiger partial charge >= 0.3 is 0 Å². The van der Waals surface area contributed by atoms with Crippen LogP contribution in [0.1, 0.15) is 28.4 Å². The largest absolute Gasteiger partial charge is 0.507 e. The van der Waals surface area contributed by atoms with Gasteiger partial charge in [0.2, 0.25) is 0 Å². The van der Waals surface area contributed by atoms with Crippen LogP contribution in [-0.2, 0) is 0 Å². The van der Waals surface area contributed by atoms with E-state index in [0.29, 0.717) is 6.42 Å². The number of aliphatic hydroxyl groups excluding tert-OH is 1. The maximum absolute atomic E-state index is 13.2. The highest BCUT2D eigenvalue weighted by Crippen LogP contribution is 2.21. The van der Waals surface area contributed by atoms with E-state index in [9.17, 15) is 14.3 Å². The molecule has 2 aromatic rings. The summed E-state index contributed by atoms with van der Waals surface area (Å²) in [5.74, 6) is -1.48. The molecule has 1 amide bonds. The van der Waals surface area contributed by atoms with Crippen molar-refractivity contribution in [2.75, 3.05) is 6.61 Å². The number of carbonyl (C=O) groups excluding carboxylic acids is 1. The van der Waals surface area contributed by atoms with Crippen molar-refractivity contribution in [1.29, 1.82) is 0 Å². The van der Waals surface area contributed by atoms with Gasteiger partial charge in [0, 0.05) is 6.61 Å². The Morgan fingerprint density at radius 1 is 1.19 bits per heavy atom. The number of carbonyl (C=O) groups is 1. The van der Waals surface area contributed by atoms with Crippen molar-refractivity contribution in [3.05, 3.63) is 65.5 Å². The van der Waals surface area contributed by atoms with Gasteiger partial charge in [-0.25, -0.2) is 4.39 Å². The molecule has 5 heteroatoms. The van der Waals surface area contributed by atoms with Gasteiger partial charge in [-0.1, -0.05) is 30.3 Å². The molecule has 2 aromatic carbocycles. The van der Waals surface area contributed by atoms with Crippen LogP contribution in [0, 0.1) is 5.82 Å². The Hall–Kier alpha value is -2.40. The third kappa shape index (κ3) is 3.79. The Balaban J connectivity index is 2.20. The normalized spacial score (nSPS) is 11.9. The van der Waals surface area contributed by atoms with Crippen molar-refractivity contribution in [3.63, 3.8) is 0 Å². The van der Waals surface area contributed by atoms with E-state index in [2.05, 4.69) is 5.32 Å². The Kier molecular flexibility index (Phi) is 4.90. The third-order valence-electron chi connectivity index (χ3n) is 3.13. The third-order valence-corrected chi connectivity index (χ3v) is 3.13. The fraction of sp³-hybridized carbons (Fsp3) is 0.188. The average Bonchev–Trinajstić information content (AvgIpc) is 2.50. The minimum atomic E-state index is -0.601. The van der Waals surface area contributed by atoms with Gasteiger partial charge in [-0.3, -0.25) is 4.79 Å². The summed E-state index contributed by atoms with van der Waals surface area (Å²) in [5, 5.41) is 21.5. The number of nitrogens with one attached hydrogen (secondary N) is 1. The summed E-state index contributed by atoms with van der Waals surface area (Å²) in [4.78, 5) is 12.2. The van der Waals surface area contributed by atoms with Crippen molar-refractivity contribution in [2.45, 2.75) is 12.5 Å². The van der Waals surface area contributed by atoms with Crippen LogP contribution in [0.15, 0.2) is 48.5 Å². The van der Waals surface area contributed by atoms with Gasteiger partial charge in [0.05, 0.1) is 11.6 Å². The van der Waals surface area contributed by atoms with E-state index in [1.165, 1.54) is 0 Å². The number of phenolic OH excluding ortho intramolecular Hbond substituents is 1. The zero-order valence-corrected chi connectivity index (χ0v) is 11.3. The highest BCUT2D eigenvalue weighted by atomic mass is 19.1. The van der Waals surface area contributed by atoms with Crippen molar-refractivity contribution >= 4 is 5.91 Å². The first-order valence-electron chi connectivity index (χ1n) is 6.57. The van der Waals surface area contributed by atoms with Gasteiger partial charge in [-0.15, -0.1) is 0 Å². The van der Waals surface area contributed by atoms with Gasteiger partial charge < -0.3 is 15.5 Å². The number of rotatable bonds is 5. The van der Waals surface area contributed by atoms with Crippen molar-refractivity contribution in [3.8, 4) is 5.75 Å². The Bertz CT molecular complexity index is 616. The van der Waals surface area contributed by atoms with Gasteiger partial charge in [0.25, 0.3) is 5.91 Å². The second-order valence-electron chi connectivity index (χ2n) is 4.61. The van der Waals surface area contributed by atoms with Crippen LogP contribution in [-0.4, -0.2) is 22.7 Å². The lowest BCUT2D eigenvalue weighted by Gasteiger charge is -2.18. The standard InChI is InChI=1S/C16H16FNO3/c17-12-6-7-15(20)13(10-12)16(21)18-14(8-9-19)11-4-2-1-3-5-11/h1-7,10,14,19-20H,8-9H2,(H,18,21). The zero-order valence-electron chi connectivity index (χ0n) is 11.3. The van der Waals surface area contributed by atoms with E-state index in [1.54, 1.807) is 0 Å². The summed E-state index contributed by atoms with van der Waals surface area (Å²) in [6.45, 7) is -0.102. The first-order valence-corrected chi connectivity index (χ1v) is 6.57. The van der Waals surface area contributed by atoms with Crippen LogP contribution < -0.4 is 5.32 Å². The molecular weight excluding hydrogens is 273 g/mol. The molecule has 1 unspecified atom stereocenters. The number of aliphatic hydroxyl groups is 1. The number of halogens is 1. The summed E-state index contributed by atoms with van der Waals surface area (Å²) in [7, 11) is 0. The summed E-state index contributed by atoms with van der Waals surface area (Å²) in [6, 6.07) is 11.9. The molecular formula is C16H16FNO3. The van der Waals surface area contributed by atoms with Gasteiger partial charge in [-0.2, -0.15) is 0 Å². The number of amides is 1. The Morgan fingerprint density at radius 3 is 2.57 bits per heavy atom. The Morgan fingerprint density at radius 2 is 1.90 bits per heavy atom. The number of hydrogen-bond acceptors (Lipinski definition) is 3. The lowest BCUT2D eigenvalue weighted by atomic mass is 10.0. The van der Waals surface area contributed by atoms with Crippen molar-refractivity contribution in [1.82, 2.24) is 5.32 Å². The van der Waals surface area contributed by atoms with Crippen LogP contribution in [0.25, 0.3) is 0 Å². The van der Waals surface area contributed by atoms with Gasteiger partial charge in [0.15, 0.2) is 0 Å². The molecule has 3 N–H and O–H groups in total. The first kappa shape index (κ1) is 15.0. The number of benzene rings is 2. The molecule has 0 aromatic heterocycles. The molecule has 0 heterocycles. The van der Waals surface area contributed by atoms with E-state index >= 15 is 0 Å². The fourth-order valence-corrected chi connectivity index (χ4v) is 2.06. The van der Waals surface area contributed by atoms with E-state index in [-0.39, 0.29) is 17.9 Å². The van der Waals surface area contributed by atoms with Crippen LogP contribution >= 0.6 is 0 Å². The summed E-state index contributed by atoms with van der Waals surface area (Å²) < 4.78 is 13.2. The van der Waals surface area contributed by atoms with Gasteiger partial charge in [-0.05, 0) is 30.2 Å². The highest BCUT2D eigenvalue weighted by molar-refractivity contribution is 5.97. The number of aromatic hydroxyl groups is 1. The maximum Gasteiger partial charge on any atom is 0.255 e. The van der Waals surface area contributed by atoms with E-state index in [4.69, 9.17) is 5.11 Å². The molecule has 4 nitrogen and oxygen atoms in total. The number of hydrogen-bond donors (Lipinski definition) is 3. The predicted molar refractivity (Wildman–Crippen MR) is 76.4 cm³/mol. The van der Waals surface area contributed by atoms with E-state index in [0.717, 1.165) is 23.8 Å². The van der Waals surface area contributed by atoms with Crippen LogP contribution in [0.4, 0.5) is 4.39 Å². The lowest BCUT2D eigenvalue weighted by Crippen LogP contribution is -2.29. The molecule has 0 spiro atoms. The molecule has 0 aliphatic carbocycles. The lowest BCUT2D eigenvalue weighted by molar-refractivity contribution is 0.0927. The second kappa shape index (κ2) is 6.85. The predicted octanol–water partition coefficient (Wildman–Crippen LogP) is 2.38. The molecule has 21 heavy (non-hydrogen) atoms. The molecule has 0 bridgehead atoms.